The molecule has 216 valence electrons. The Bertz CT molecular complexity index is 1520. The lowest BCUT2D eigenvalue weighted by atomic mass is 9.83. The van der Waals surface area contributed by atoms with Gasteiger partial charge in [-0.3, -0.25) is 9.88 Å². The first-order valence-electron chi connectivity index (χ1n) is 14.0. The fourth-order valence-corrected chi connectivity index (χ4v) is 6.17. The number of rotatable bonds is 7. The van der Waals surface area contributed by atoms with Crippen molar-refractivity contribution in [3.63, 3.8) is 0 Å². The summed E-state index contributed by atoms with van der Waals surface area (Å²) in [5.74, 6) is 1.93. The number of nitrogens with zero attached hydrogens (tertiary/aromatic N) is 4. The summed E-state index contributed by atoms with van der Waals surface area (Å²) >= 11 is 6.36. The van der Waals surface area contributed by atoms with Gasteiger partial charge in [-0.2, -0.15) is 13.2 Å². The lowest BCUT2D eigenvalue weighted by molar-refractivity contribution is -0.137. The molecular weight excluding hydrogens is 547 g/mol. The number of anilines is 1. The van der Waals surface area contributed by atoms with Crippen molar-refractivity contribution < 1.29 is 13.2 Å². The molecule has 0 amide bonds. The number of halogens is 4. The molecule has 5 nitrogen and oxygen atoms in total. The van der Waals surface area contributed by atoms with Crippen LogP contribution < -0.4 is 5.32 Å². The van der Waals surface area contributed by atoms with E-state index in [9.17, 15) is 13.2 Å². The van der Waals surface area contributed by atoms with Crippen molar-refractivity contribution in [3.05, 3.63) is 82.8 Å². The van der Waals surface area contributed by atoms with E-state index in [4.69, 9.17) is 21.6 Å². The van der Waals surface area contributed by atoms with Crippen LogP contribution in [0.5, 0.6) is 0 Å². The predicted octanol–water partition coefficient (Wildman–Crippen LogP) is 8.28. The van der Waals surface area contributed by atoms with Crippen molar-refractivity contribution in [2.24, 2.45) is 11.3 Å². The summed E-state index contributed by atoms with van der Waals surface area (Å²) in [6.45, 7) is 9.91. The van der Waals surface area contributed by atoms with Gasteiger partial charge in [-0.05, 0) is 73.0 Å². The van der Waals surface area contributed by atoms with E-state index in [2.05, 4.69) is 36.0 Å². The van der Waals surface area contributed by atoms with Gasteiger partial charge in [0.2, 0.25) is 0 Å². The van der Waals surface area contributed by atoms with E-state index in [1.54, 1.807) is 18.2 Å². The standard InChI is InChI=1S/C32H35ClF3N5/c1-21-13-16-41(20-31(2,3)18-21)19-28-39-27-17-23(29-25(32(34,35)36)8-6-14-37-29)10-11-24(27)30(40-28)38-15-12-22-7-4-5-9-26(22)33/h4-11,14,17,21H,12-13,15-16,18-20H2,1-3H3,(H,38,39,40). The van der Waals surface area contributed by atoms with Crippen LogP contribution in [0, 0.1) is 11.3 Å². The van der Waals surface area contributed by atoms with E-state index < -0.39 is 11.7 Å². The van der Waals surface area contributed by atoms with E-state index in [1.165, 1.54) is 12.3 Å². The molecule has 1 N–H and O–H groups in total. The second kappa shape index (κ2) is 11.9. The first-order valence-corrected chi connectivity index (χ1v) is 14.4. The lowest BCUT2D eigenvalue weighted by Gasteiger charge is -2.29. The highest BCUT2D eigenvalue weighted by atomic mass is 35.5. The summed E-state index contributed by atoms with van der Waals surface area (Å²) in [7, 11) is 0. The Labute approximate surface area is 244 Å². The van der Waals surface area contributed by atoms with Gasteiger partial charge >= 0.3 is 6.18 Å². The summed E-state index contributed by atoms with van der Waals surface area (Å²) < 4.78 is 41.3. The van der Waals surface area contributed by atoms with E-state index in [-0.39, 0.29) is 11.1 Å². The molecular formula is C32H35ClF3N5. The normalized spacial score (nSPS) is 17.9. The summed E-state index contributed by atoms with van der Waals surface area (Å²) in [6.07, 6.45) is -0.183. The maximum absolute atomic E-state index is 13.8. The van der Waals surface area contributed by atoms with Crippen LogP contribution >= 0.6 is 11.6 Å². The van der Waals surface area contributed by atoms with Gasteiger partial charge in [0.25, 0.3) is 0 Å². The molecule has 0 spiro atoms. The monoisotopic (exact) mass is 581 g/mol. The summed E-state index contributed by atoms with van der Waals surface area (Å²) in [5, 5.41) is 4.90. The second-order valence-electron chi connectivity index (χ2n) is 11.9. The zero-order valence-electron chi connectivity index (χ0n) is 23.6. The zero-order chi connectivity index (χ0) is 29.2. The number of hydrogen-bond donors (Lipinski definition) is 1. The quantitative estimate of drug-likeness (QED) is 0.238. The first kappa shape index (κ1) is 29.3. The first-order chi connectivity index (χ1) is 19.5. The lowest BCUT2D eigenvalue weighted by Crippen LogP contribution is -2.33. The van der Waals surface area contributed by atoms with Gasteiger partial charge in [-0.25, -0.2) is 9.97 Å². The molecule has 1 fully saturated rings. The number of fused-ring (bicyclic) bond motifs is 1. The molecule has 1 aliphatic heterocycles. The van der Waals surface area contributed by atoms with Crippen LogP contribution in [-0.2, 0) is 19.1 Å². The van der Waals surface area contributed by atoms with Crippen LogP contribution in [-0.4, -0.2) is 39.5 Å². The molecule has 1 aliphatic rings. The molecule has 9 heteroatoms. The summed E-state index contributed by atoms with van der Waals surface area (Å²) in [5.41, 5.74) is 1.25. The fourth-order valence-electron chi connectivity index (χ4n) is 5.94. The van der Waals surface area contributed by atoms with Crippen molar-refractivity contribution in [1.82, 2.24) is 19.9 Å². The molecule has 1 atom stereocenters. The highest BCUT2D eigenvalue weighted by molar-refractivity contribution is 6.31. The molecule has 4 aromatic rings. The number of aromatic nitrogens is 3. The molecule has 0 aliphatic carbocycles. The minimum atomic E-state index is -4.52. The Hall–Kier alpha value is -3.23. The average Bonchev–Trinajstić information content (AvgIpc) is 3.04. The van der Waals surface area contributed by atoms with Crippen LogP contribution in [0.2, 0.25) is 5.02 Å². The van der Waals surface area contributed by atoms with E-state index in [0.717, 1.165) is 42.9 Å². The van der Waals surface area contributed by atoms with Gasteiger partial charge in [0.15, 0.2) is 0 Å². The smallest absolute Gasteiger partial charge is 0.369 e. The largest absolute Gasteiger partial charge is 0.418 e. The summed E-state index contributed by atoms with van der Waals surface area (Å²) in [6, 6.07) is 15.2. The topological polar surface area (TPSA) is 53.9 Å². The predicted molar refractivity (Wildman–Crippen MR) is 159 cm³/mol. The second-order valence-corrected chi connectivity index (χ2v) is 12.3. The number of alkyl halides is 3. The Kier molecular flexibility index (Phi) is 8.52. The Morgan fingerprint density at radius 2 is 1.88 bits per heavy atom. The highest BCUT2D eigenvalue weighted by Gasteiger charge is 2.34. The third-order valence-electron chi connectivity index (χ3n) is 7.63. The molecule has 5 rings (SSSR count). The molecule has 0 radical (unpaired) electrons. The van der Waals surface area contributed by atoms with Gasteiger partial charge in [0.05, 0.1) is 23.3 Å². The third-order valence-corrected chi connectivity index (χ3v) is 8.00. The highest BCUT2D eigenvalue weighted by Crippen LogP contribution is 2.37. The minimum Gasteiger partial charge on any atom is -0.369 e. The van der Waals surface area contributed by atoms with E-state index >= 15 is 0 Å². The fraction of sp³-hybridized carbons (Fsp3) is 0.406. The van der Waals surface area contributed by atoms with Crippen molar-refractivity contribution in [2.75, 3.05) is 25.0 Å². The molecule has 2 aromatic carbocycles. The number of nitrogens with one attached hydrogen (secondary N) is 1. The zero-order valence-corrected chi connectivity index (χ0v) is 24.4. The van der Waals surface area contributed by atoms with Gasteiger partial charge in [0, 0.05) is 35.3 Å². The van der Waals surface area contributed by atoms with Gasteiger partial charge < -0.3 is 5.32 Å². The van der Waals surface area contributed by atoms with Gasteiger partial charge in [0.1, 0.15) is 11.6 Å². The van der Waals surface area contributed by atoms with Crippen molar-refractivity contribution in [2.45, 2.75) is 52.8 Å². The summed E-state index contributed by atoms with van der Waals surface area (Å²) in [4.78, 5) is 16.3. The molecule has 1 saturated heterocycles. The SMILES string of the molecule is CC1CCN(Cc2nc(NCCc3ccccc3Cl)c3ccc(-c4ncccc4C(F)(F)F)cc3n2)CC(C)(C)C1. The van der Waals surface area contributed by atoms with E-state index in [0.29, 0.717) is 53.2 Å². The maximum atomic E-state index is 13.8. The number of hydrogen-bond acceptors (Lipinski definition) is 5. The molecule has 41 heavy (non-hydrogen) atoms. The molecule has 0 bridgehead atoms. The van der Waals surface area contributed by atoms with Crippen molar-refractivity contribution in [1.29, 1.82) is 0 Å². The van der Waals surface area contributed by atoms with Gasteiger partial charge in [-0.1, -0.05) is 56.6 Å². The van der Waals surface area contributed by atoms with Crippen LogP contribution in [0.1, 0.15) is 50.6 Å². The molecule has 1 unspecified atom stereocenters. The molecule has 2 aromatic heterocycles. The average molecular weight is 582 g/mol. The van der Waals surface area contributed by atoms with Crippen LogP contribution in [0.4, 0.5) is 19.0 Å². The van der Waals surface area contributed by atoms with Crippen LogP contribution in [0.15, 0.2) is 60.8 Å². The number of pyridine rings is 1. The minimum absolute atomic E-state index is 0.112. The number of likely N-dealkylation sites (tertiary alicyclic amines) is 1. The third kappa shape index (κ3) is 7.16. The Morgan fingerprint density at radius 3 is 2.66 bits per heavy atom. The Balaban J connectivity index is 1.51. The maximum Gasteiger partial charge on any atom is 0.418 e. The number of benzene rings is 2. The van der Waals surface area contributed by atoms with Gasteiger partial charge in [-0.15, -0.1) is 0 Å². The van der Waals surface area contributed by atoms with Crippen molar-refractivity contribution >= 4 is 28.3 Å². The Morgan fingerprint density at radius 1 is 1.07 bits per heavy atom. The van der Waals surface area contributed by atoms with Crippen LogP contribution in [0.3, 0.4) is 0 Å². The molecule has 0 saturated carbocycles. The van der Waals surface area contributed by atoms with Crippen LogP contribution in [0.25, 0.3) is 22.2 Å². The molecule has 3 heterocycles. The van der Waals surface area contributed by atoms with E-state index in [1.807, 2.05) is 24.3 Å². The van der Waals surface area contributed by atoms with Crippen molar-refractivity contribution in [3.8, 4) is 11.3 Å².